The molecule has 120 valence electrons. The third-order valence-electron chi connectivity index (χ3n) is 3.79. The number of para-hydroxylation sites is 1. The average Bonchev–Trinajstić information content (AvgIpc) is 3.14. The summed E-state index contributed by atoms with van der Waals surface area (Å²) in [5.74, 6) is 0.860. The van der Waals surface area contributed by atoms with Gasteiger partial charge in [0, 0.05) is 19.5 Å². The highest BCUT2D eigenvalue weighted by molar-refractivity contribution is 7.17. The Morgan fingerprint density at radius 1 is 1.43 bits per heavy atom. The van der Waals surface area contributed by atoms with Crippen LogP contribution in [0.1, 0.15) is 28.0 Å². The van der Waals surface area contributed by atoms with E-state index in [1.54, 1.807) is 4.90 Å². The van der Waals surface area contributed by atoms with Crippen LogP contribution in [0.2, 0.25) is 0 Å². The van der Waals surface area contributed by atoms with Gasteiger partial charge in [0.15, 0.2) is 5.13 Å². The average molecular weight is 329 g/mol. The SMILES string of the molecule is CCN(CCc1nc2c(C)cccc2[nH]1)C(=O)c1cnc(N)s1. The molecular weight excluding hydrogens is 310 g/mol. The fraction of sp³-hybridized carbons (Fsp3) is 0.312. The van der Waals surface area contributed by atoms with E-state index in [9.17, 15) is 4.79 Å². The zero-order valence-electron chi connectivity index (χ0n) is 13.2. The van der Waals surface area contributed by atoms with Crippen molar-refractivity contribution in [2.45, 2.75) is 20.3 Å². The second kappa shape index (κ2) is 6.37. The molecule has 0 fully saturated rings. The van der Waals surface area contributed by atoms with Gasteiger partial charge in [-0.3, -0.25) is 4.79 Å². The molecule has 3 N–H and O–H groups in total. The zero-order chi connectivity index (χ0) is 16.4. The van der Waals surface area contributed by atoms with Gasteiger partial charge in [0.1, 0.15) is 10.7 Å². The number of imidazole rings is 1. The number of likely N-dealkylation sites (N-methyl/N-ethyl adjacent to an activating group) is 1. The summed E-state index contributed by atoms with van der Waals surface area (Å²) < 4.78 is 0. The minimum atomic E-state index is -0.0333. The predicted octanol–water partition coefficient (Wildman–Crippen LogP) is 2.61. The Labute approximate surface area is 138 Å². The van der Waals surface area contributed by atoms with Gasteiger partial charge in [-0.15, -0.1) is 0 Å². The van der Waals surface area contributed by atoms with Crippen LogP contribution in [0.4, 0.5) is 5.13 Å². The molecule has 1 aromatic carbocycles. The molecule has 3 rings (SSSR count). The highest BCUT2D eigenvalue weighted by Crippen LogP contribution is 2.18. The molecule has 0 radical (unpaired) electrons. The molecule has 0 saturated heterocycles. The zero-order valence-corrected chi connectivity index (χ0v) is 14.0. The molecule has 23 heavy (non-hydrogen) atoms. The van der Waals surface area contributed by atoms with E-state index >= 15 is 0 Å². The lowest BCUT2D eigenvalue weighted by atomic mass is 10.2. The standard InChI is InChI=1S/C16H19N5OS/c1-3-21(15(22)12-9-18-16(17)23-12)8-7-13-19-11-6-4-5-10(2)14(11)20-13/h4-6,9H,3,7-8H2,1-2H3,(H2,17,18)(H,19,20). The summed E-state index contributed by atoms with van der Waals surface area (Å²) in [7, 11) is 0. The van der Waals surface area contributed by atoms with Gasteiger partial charge in [0.2, 0.25) is 0 Å². The quantitative estimate of drug-likeness (QED) is 0.753. The van der Waals surface area contributed by atoms with Gasteiger partial charge in [0.05, 0.1) is 17.2 Å². The Bertz CT molecular complexity index is 838. The van der Waals surface area contributed by atoms with Crippen LogP contribution >= 0.6 is 11.3 Å². The third-order valence-corrected chi connectivity index (χ3v) is 4.60. The minimum Gasteiger partial charge on any atom is -0.375 e. The largest absolute Gasteiger partial charge is 0.375 e. The molecule has 6 nitrogen and oxygen atoms in total. The minimum absolute atomic E-state index is 0.0333. The molecule has 0 bridgehead atoms. The number of nitrogens with one attached hydrogen (secondary N) is 1. The van der Waals surface area contributed by atoms with Crippen LogP contribution < -0.4 is 5.73 Å². The van der Waals surface area contributed by atoms with Crippen molar-refractivity contribution in [2.24, 2.45) is 0 Å². The summed E-state index contributed by atoms with van der Waals surface area (Å²) in [6.07, 6.45) is 2.22. The number of amides is 1. The van der Waals surface area contributed by atoms with E-state index in [1.165, 1.54) is 17.5 Å². The summed E-state index contributed by atoms with van der Waals surface area (Å²) >= 11 is 1.22. The van der Waals surface area contributed by atoms with Crippen molar-refractivity contribution >= 4 is 33.4 Å². The first-order chi connectivity index (χ1) is 11.1. The number of nitrogens with zero attached hydrogens (tertiary/aromatic N) is 3. The van der Waals surface area contributed by atoms with Crippen LogP contribution in [0.3, 0.4) is 0 Å². The molecule has 2 heterocycles. The lowest BCUT2D eigenvalue weighted by molar-refractivity contribution is 0.0770. The predicted molar refractivity (Wildman–Crippen MR) is 92.6 cm³/mol. The van der Waals surface area contributed by atoms with Crippen LogP contribution in [0.15, 0.2) is 24.4 Å². The Kier molecular flexibility index (Phi) is 4.29. The molecule has 0 saturated carbocycles. The maximum absolute atomic E-state index is 12.4. The summed E-state index contributed by atoms with van der Waals surface area (Å²) in [6.45, 7) is 5.25. The Balaban J connectivity index is 1.71. The summed E-state index contributed by atoms with van der Waals surface area (Å²) in [5, 5.41) is 0.414. The van der Waals surface area contributed by atoms with Crippen molar-refractivity contribution in [3.63, 3.8) is 0 Å². The number of benzene rings is 1. The third kappa shape index (κ3) is 3.19. The van der Waals surface area contributed by atoms with Crippen molar-refractivity contribution in [1.82, 2.24) is 19.9 Å². The first-order valence-electron chi connectivity index (χ1n) is 7.53. The van der Waals surface area contributed by atoms with Gasteiger partial charge in [-0.2, -0.15) is 0 Å². The van der Waals surface area contributed by atoms with Gasteiger partial charge in [-0.1, -0.05) is 23.5 Å². The fourth-order valence-corrected chi connectivity index (χ4v) is 3.18. The van der Waals surface area contributed by atoms with Crippen molar-refractivity contribution < 1.29 is 4.79 Å². The van der Waals surface area contributed by atoms with Gasteiger partial charge >= 0.3 is 0 Å². The summed E-state index contributed by atoms with van der Waals surface area (Å²) in [4.78, 5) is 26.7. The molecule has 0 atom stereocenters. The van der Waals surface area contributed by atoms with Crippen molar-refractivity contribution in [3.05, 3.63) is 40.7 Å². The van der Waals surface area contributed by atoms with Crippen molar-refractivity contribution in [1.29, 1.82) is 0 Å². The summed E-state index contributed by atoms with van der Waals surface area (Å²) in [5.41, 5.74) is 8.77. The van der Waals surface area contributed by atoms with E-state index in [0.717, 1.165) is 22.4 Å². The molecule has 0 spiro atoms. The van der Waals surface area contributed by atoms with Crippen LogP contribution in [0.5, 0.6) is 0 Å². The first kappa shape index (κ1) is 15.5. The second-order valence-electron chi connectivity index (χ2n) is 5.35. The van der Waals surface area contributed by atoms with Crippen molar-refractivity contribution in [2.75, 3.05) is 18.8 Å². The molecule has 1 amide bonds. The van der Waals surface area contributed by atoms with E-state index in [4.69, 9.17) is 5.73 Å². The molecule has 2 aromatic heterocycles. The van der Waals surface area contributed by atoms with E-state index in [1.807, 2.05) is 32.0 Å². The highest BCUT2D eigenvalue weighted by Gasteiger charge is 2.17. The number of thiazole rings is 1. The molecule has 7 heteroatoms. The van der Waals surface area contributed by atoms with Crippen LogP contribution in [0.25, 0.3) is 11.0 Å². The number of aryl methyl sites for hydroxylation is 1. The molecular formula is C16H19N5OS. The summed E-state index contributed by atoms with van der Waals surface area (Å²) in [6, 6.07) is 6.07. The Morgan fingerprint density at radius 2 is 2.26 bits per heavy atom. The van der Waals surface area contributed by atoms with Crippen LogP contribution in [-0.4, -0.2) is 38.8 Å². The highest BCUT2D eigenvalue weighted by atomic mass is 32.1. The molecule has 0 aliphatic heterocycles. The number of aromatic nitrogens is 3. The number of carbonyl (C=O) groups is 1. The number of hydrogen-bond donors (Lipinski definition) is 2. The van der Waals surface area contributed by atoms with Crippen LogP contribution in [-0.2, 0) is 6.42 Å². The van der Waals surface area contributed by atoms with E-state index < -0.39 is 0 Å². The smallest absolute Gasteiger partial charge is 0.265 e. The maximum Gasteiger partial charge on any atom is 0.265 e. The van der Waals surface area contributed by atoms with Gasteiger partial charge in [-0.05, 0) is 25.5 Å². The van der Waals surface area contributed by atoms with Gasteiger partial charge in [0.25, 0.3) is 5.91 Å². The number of H-pyrrole nitrogens is 1. The lowest BCUT2D eigenvalue weighted by Gasteiger charge is -2.19. The van der Waals surface area contributed by atoms with Crippen LogP contribution in [0, 0.1) is 6.92 Å². The van der Waals surface area contributed by atoms with Crippen molar-refractivity contribution in [3.8, 4) is 0 Å². The number of fused-ring (bicyclic) bond motifs is 1. The van der Waals surface area contributed by atoms with Gasteiger partial charge in [-0.25, -0.2) is 9.97 Å². The first-order valence-corrected chi connectivity index (χ1v) is 8.35. The number of rotatable bonds is 5. The topological polar surface area (TPSA) is 87.9 Å². The van der Waals surface area contributed by atoms with Gasteiger partial charge < -0.3 is 15.6 Å². The number of hydrogen-bond acceptors (Lipinski definition) is 5. The molecule has 0 aliphatic carbocycles. The number of nitrogen functional groups attached to an aromatic ring is 1. The number of aromatic amines is 1. The second-order valence-corrected chi connectivity index (χ2v) is 6.41. The molecule has 3 aromatic rings. The Morgan fingerprint density at radius 3 is 2.91 bits per heavy atom. The van der Waals surface area contributed by atoms with E-state index in [0.29, 0.717) is 29.5 Å². The number of anilines is 1. The monoisotopic (exact) mass is 329 g/mol. The van der Waals surface area contributed by atoms with E-state index in [2.05, 4.69) is 15.0 Å². The Hall–Kier alpha value is -2.41. The maximum atomic E-state index is 12.4. The fourth-order valence-electron chi connectivity index (χ4n) is 2.53. The normalized spacial score (nSPS) is 11.0. The van der Waals surface area contributed by atoms with E-state index in [-0.39, 0.29) is 5.91 Å². The molecule has 0 unspecified atom stereocenters. The lowest BCUT2D eigenvalue weighted by Crippen LogP contribution is -2.32. The number of nitrogens with two attached hydrogens (primary N) is 1. The molecule has 0 aliphatic rings. The number of carbonyl (C=O) groups excluding carboxylic acids is 1.